The number of hydrogen-bond acceptors (Lipinski definition) is 5. The number of carbonyl (C=O) groups excluding carboxylic acids is 1. The Morgan fingerprint density at radius 1 is 0.949 bits per heavy atom. The van der Waals surface area contributed by atoms with Gasteiger partial charge in [-0.3, -0.25) is 14.2 Å². The summed E-state index contributed by atoms with van der Waals surface area (Å²) >= 11 is 0. The monoisotopic (exact) mass is 527 g/mol. The van der Waals surface area contributed by atoms with Crippen molar-refractivity contribution in [1.29, 1.82) is 0 Å². The maximum absolute atomic E-state index is 13.9. The van der Waals surface area contributed by atoms with Crippen molar-refractivity contribution in [3.8, 4) is 11.4 Å². The van der Waals surface area contributed by atoms with E-state index < -0.39 is 6.04 Å². The number of rotatable bonds is 12. The number of amides is 1. The minimum atomic E-state index is -0.427. The number of benzene rings is 3. The van der Waals surface area contributed by atoms with E-state index in [9.17, 15) is 9.59 Å². The quantitative estimate of drug-likeness (QED) is 0.228. The highest BCUT2D eigenvalue weighted by atomic mass is 16.5. The average Bonchev–Trinajstić information content (AvgIpc) is 2.94. The predicted octanol–water partition coefficient (Wildman–Crippen LogP) is 5.94. The summed E-state index contributed by atoms with van der Waals surface area (Å²) in [5, 5.41) is 0.526. The summed E-state index contributed by atoms with van der Waals surface area (Å²) < 4.78 is 13.1. The third-order valence-electron chi connectivity index (χ3n) is 6.49. The molecule has 0 aliphatic carbocycles. The fourth-order valence-corrected chi connectivity index (χ4v) is 4.73. The first-order valence-electron chi connectivity index (χ1n) is 13.6. The SMILES string of the molecule is CCOc1ccc(-n2c(C(CC)N(CC(C)C)C(=O)COCc3ccccc3)nc3ccccc3c2=O)cc1. The molecule has 0 saturated heterocycles. The van der Waals surface area contributed by atoms with Gasteiger partial charge in [-0.05, 0) is 61.2 Å². The minimum Gasteiger partial charge on any atom is -0.494 e. The van der Waals surface area contributed by atoms with Crippen LogP contribution in [0.15, 0.2) is 83.7 Å². The van der Waals surface area contributed by atoms with Gasteiger partial charge < -0.3 is 14.4 Å². The van der Waals surface area contributed by atoms with E-state index in [4.69, 9.17) is 14.5 Å². The zero-order valence-electron chi connectivity index (χ0n) is 23.2. The van der Waals surface area contributed by atoms with Crippen LogP contribution < -0.4 is 10.3 Å². The summed E-state index contributed by atoms with van der Waals surface area (Å²) in [6.45, 7) is 9.45. The molecule has 0 fully saturated rings. The van der Waals surface area contributed by atoms with E-state index in [1.54, 1.807) is 10.6 Å². The average molecular weight is 528 g/mol. The Morgan fingerprint density at radius 2 is 1.64 bits per heavy atom. The van der Waals surface area contributed by atoms with Crippen LogP contribution >= 0.6 is 0 Å². The van der Waals surface area contributed by atoms with Gasteiger partial charge in [-0.1, -0.05) is 63.2 Å². The van der Waals surface area contributed by atoms with E-state index in [1.807, 2.05) is 91.5 Å². The summed E-state index contributed by atoms with van der Waals surface area (Å²) in [5.41, 5.74) is 2.12. The molecule has 0 aliphatic rings. The number of nitrogens with zero attached hydrogens (tertiary/aromatic N) is 3. The van der Waals surface area contributed by atoms with E-state index in [2.05, 4.69) is 13.8 Å². The Balaban J connectivity index is 1.75. The number of hydrogen-bond donors (Lipinski definition) is 0. The van der Waals surface area contributed by atoms with Gasteiger partial charge in [-0.2, -0.15) is 0 Å². The molecule has 0 spiro atoms. The molecule has 1 heterocycles. The second kappa shape index (κ2) is 13.2. The topological polar surface area (TPSA) is 73.7 Å². The summed E-state index contributed by atoms with van der Waals surface area (Å²) in [4.78, 5) is 34.3. The van der Waals surface area contributed by atoms with Gasteiger partial charge in [0.1, 0.15) is 18.2 Å². The lowest BCUT2D eigenvalue weighted by molar-refractivity contribution is -0.140. The molecule has 3 aromatic carbocycles. The van der Waals surface area contributed by atoms with Crippen molar-refractivity contribution < 1.29 is 14.3 Å². The normalized spacial score (nSPS) is 12.0. The summed E-state index contributed by atoms with van der Waals surface area (Å²) in [6, 6.07) is 24.1. The number of ether oxygens (including phenoxy) is 2. The highest BCUT2D eigenvalue weighted by molar-refractivity contribution is 5.79. The molecule has 1 amide bonds. The summed E-state index contributed by atoms with van der Waals surface area (Å²) in [5.74, 6) is 1.33. The van der Waals surface area contributed by atoms with Gasteiger partial charge >= 0.3 is 0 Å². The minimum absolute atomic E-state index is 0.0566. The lowest BCUT2D eigenvalue weighted by atomic mass is 10.1. The molecular weight excluding hydrogens is 490 g/mol. The third-order valence-corrected chi connectivity index (χ3v) is 6.49. The van der Waals surface area contributed by atoms with Gasteiger partial charge in [0, 0.05) is 6.54 Å². The maximum Gasteiger partial charge on any atom is 0.266 e. The van der Waals surface area contributed by atoms with Crippen LogP contribution in [0.5, 0.6) is 5.75 Å². The third kappa shape index (κ3) is 6.73. The van der Waals surface area contributed by atoms with Crippen LogP contribution in [0.25, 0.3) is 16.6 Å². The first kappa shape index (κ1) is 28.0. The summed E-state index contributed by atoms with van der Waals surface area (Å²) in [6.07, 6.45) is 0.582. The number of para-hydroxylation sites is 1. The van der Waals surface area contributed by atoms with Gasteiger partial charge in [0.25, 0.3) is 5.56 Å². The molecule has 0 N–H and O–H groups in total. The lowest BCUT2D eigenvalue weighted by Gasteiger charge is -2.33. The molecule has 0 aliphatic heterocycles. The lowest BCUT2D eigenvalue weighted by Crippen LogP contribution is -2.42. The summed E-state index contributed by atoms with van der Waals surface area (Å²) in [7, 11) is 0. The second-order valence-corrected chi connectivity index (χ2v) is 9.90. The zero-order chi connectivity index (χ0) is 27.8. The molecule has 0 saturated carbocycles. The van der Waals surface area contributed by atoms with Crippen LogP contribution in [-0.2, 0) is 16.1 Å². The molecule has 4 rings (SSSR count). The van der Waals surface area contributed by atoms with E-state index in [1.165, 1.54) is 0 Å². The van der Waals surface area contributed by atoms with Gasteiger partial charge in [0.2, 0.25) is 5.91 Å². The molecule has 39 heavy (non-hydrogen) atoms. The number of carbonyl (C=O) groups is 1. The highest BCUT2D eigenvalue weighted by Crippen LogP contribution is 2.28. The first-order chi connectivity index (χ1) is 18.9. The number of fused-ring (bicyclic) bond motifs is 1. The molecule has 4 aromatic rings. The van der Waals surface area contributed by atoms with Crippen molar-refractivity contribution in [2.24, 2.45) is 5.92 Å². The van der Waals surface area contributed by atoms with Crippen molar-refractivity contribution in [1.82, 2.24) is 14.5 Å². The Labute approximate surface area is 230 Å². The van der Waals surface area contributed by atoms with Crippen LogP contribution in [-0.4, -0.2) is 40.1 Å². The largest absolute Gasteiger partial charge is 0.494 e. The Hall–Kier alpha value is -3.97. The van der Waals surface area contributed by atoms with Gasteiger partial charge in [0.05, 0.1) is 35.8 Å². The molecule has 1 atom stereocenters. The van der Waals surface area contributed by atoms with E-state index in [0.717, 1.165) is 11.3 Å². The van der Waals surface area contributed by atoms with Gasteiger partial charge in [-0.25, -0.2) is 4.98 Å². The van der Waals surface area contributed by atoms with Crippen LogP contribution in [0.1, 0.15) is 51.5 Å². The molecule has 7 nitrogen and oxygen atoms in total. The highest BCUT2D eigenvalue weighted by Gasteiger charge is 2.29. The molecule has 1 aromatic heterocycles. The van der Waals surface area contributed by atoms with Crippen molar-refractivity contribution in [3.05, 3.63) is 101 Å². The van der Waals surface area contributed by atoms with Crippen molar-refractivity contribution in [2.45, 2.75) is 46.8 Å². The van der Waals surface area contributed by atoms with Crippen LogP contribution in [0.3, 0.4) is 0 Å². The predicted molar refractivity (Wildman–Crippen MR) is 154 cm³/mol. The first-order valence-corrected chi connectivity index (χ1v) is 13.6. The smallest absolute Gasteiger partial charge is 0.266 e. The maximum atomic E-state index is 13.9. The molecule has 1 unspecified atom stereocenters. The molecule has 204 valence electrons. The Bertz CT molecular complexity index is 1430. The van der Waals surface area contributed by atoms with Gasteiger partial charge in [0.15, 0.2) is 0 Å². The zero-order valence-corrected chi connectivity index (χ0v) is 23.2. The fraction of sp³-hybridized carbons (Fsp3) is 0.344. The van der Waals surface area contributed by atoms with Crippen LogP contribution in [0.4, 0.5) is 0 Å². The Morgan fingerprint density at radius 3 is 2.31 bits per heavy atom. The molecule has 0 bridgehead atoms. The standard InChI is InChI=1S/C32H37N3O4/c1-5-29(34(20-23(3)4)30(36)22-38-21-24-12-8-7-9-13-24)31-33-28-15-11-10-14-27(28)32(37)35(31)25-16-18-26(19-17-25)39-6-2/h7-19,23,29H,5-6,20-22H2,1-4H3. The van der Waals surface area contributed by atoms with Crippen LogP contribution in [0, 0.1) is 5.92 Å². The van der Waals surface area contributed by atoms with Crippen LogP contribution in [0.2, 0.25) is 0 Å². The molecule has 0 radical (unpaired) electrons. The van der Waals surface area contributed by atoms with E-state index >= 15 is 0 Å². The van der Waals surface area contributed by atoms with E-state index in [0.29, 0.717) is 48.6 Å². The second-order valence-electron chi connectivity index (χ2n) is 9.90. The fourth-order valence-electron chi connectivity index (χ4n) is 4.73. The Kier molecular flexibility index (Phi) is 9.49. The van der Waals surface area contributed by atoms with E-state index in [-0.39, 0.29) is 24.0 Å². The van der Waals surface area contributed by atoms with Crippen molar-refractivity contribution >= 4 is 16.8 Å². The molecule has 7 heteroatoms. The van der Waals surface area contributed by atoms with Crippen molar-refractivity contribution in [2.75, 3.05) is 19.8 Å². The number of aromatic nitrogens is 2. The van der Waals surface area contributed by atoms with Gasteiger partial charge in [-0.15, -0.1) is 0 Å². The molecular formula is C32H37N3O4. The van der Waals surface area contributed by atoms with Crippen molar-refractivity contribution in [3.63, 3.8) is 0 Å².